The van der Waals surface area contributed by atoms with Crippen molar-refractivity contribution >= 4 is 15.7 Å². The Hall–Kier alpha value is -1.18. The van der Waals surface area contributed by atoms with Gasteiger partial charge in [0.05, 0.1) is 23.1 Å². The molecule has 5 nitrogen and oxygen atoms in total. The van der Waals surface area contributed by atoms with Crippen molar-refractivity contribution in [3.05, 3.63) is 23.5 Å². The molecule has 0 amide bonds. The standard InChI is InChI=1S/C13H17FN2O3S/c1-7-10(14)5-9(6-11(7)15)20(17,18)16-12-4-8-2-3-13(12)19-8/h5-6,8,12-13,16H,2-4,15H2,1H3. The highest BCUT2D eigenvalue weighted by Crippen LogP contribution is 2.35. The van der Waals surface area contributed by atoms with E-state index < -0.39 is 15.8 Å². The molecule has 0 aliphatic carbocycles. The molecule has 2 heterocycles. The molecule has 2 aliphatic heterocycles. The van der Waals surface area contributed by atoms with Crippen LogP contribution >= 0.6 is 0 Å². The summed E-state index contributed by atoms with van der Waals surface area (Å²) in [6.07, 6.45) is 2.60. The topological polar surface area (TPSA) is 81.4 Å². The van der Waals surface area contributed by atoms with Crippen molar-refractivity contribution < 1.29 is 17.5 Å². The molecule has 110 valence electrons. The lowest BCUT2D eigenvalue weighted by Crippen LogP contribution is -2.41. The van der Waals surface area contributed by atoms with E-state index in [1.807, 2.05) is 0 Å². The summed E-state index contributed by atoms with van der Waals surface area (Å²) in [6, 6.07) is 2.06. The molecule has 3 rings (SSSR count). The Bertz CT molecular complexity index is 624. The van der Waals surface area contributed by atoms with Crippen LogP contribution in [-0.4, -0.2) is 26.7 Å². The van der Waals surface area contributed by atoms with Gasteiger partial charge in [-0.3, -0.25) is 0 Å². The number of rotatable bonds is 3. The molecule has 3 unspecified atom stereocenters. The first-order valence-corrected chi connectivity index (χ1v) is 8.08. The molecule has 2 bridgehead atoms. The molecule has 1 aromatic rings. The average Bonchev–Trinajstić information content (AvgIpc) is 2.96. The monoisotopic (exact) mass is 300 g/mol. The molecule has 0 aromatic heterocycles. The van der Waals surface area contributed by atoms with Crippen LogP contribution in [0.1, 0.15) is 24.8 Å². The Morgan fingerprint density at radius 2 is 2.15 bits per heavy atom. The number of nitrogens with two attached hydrogens (primary N) is 1. The molecule has 3 N–H and O–H groups in total. The van der Waals surface area contributed by atoms with Crippen LogP contribution in [0.2, 0.25) is 0 Å². The highest BCUT2D eigenvalue weighted by Gasteiger charge is 2.42. The van der Waals surface area contributed by atoms with Gasteiger partial charge in [-0.15, -0.1) is 0 Å². The number of sulfonamides is 1. The third-order valence-corrected chi connectivity index (χ3v) is 5.55. The Labute approximate surface area is 117 Å². The molecule has 20 heavy (non-hydrogen) atoms. The average molecular weight is 300 g/mol. The van der Waals surface area contributed by atoms with Gasteiger partial charge in [0.15, 0.2) is 0 Å². The van der Waals surface area contributed by atoms with Crippen LogP contribution in [0.4, 0.5) is 10.1 Å². The van der Waals surface area contributed by atoms with Gasteiger partial charge >= 0.3 is 0 Å². The van der Waals surface area contributed by atoms with Crippen molar-refractivity contribution in [2.45, 2.75) is 49.3 Å². The zero-order valence-corrected chi connectivity index (χ0v) is 11.9. The van der Waals surface area contributed by atoms with Gasteiger partial charge in [0.2, 0.25) is 10.0 Å². The summed E-state index contributed by atoms with van der Waals surface area (Å²) < 4.78 is 46.4. The predicted molar refractivity (Wildman–Crippen MR) is 72.2 cm³/mol. The molecule has 3 atom stereocenters. The maximum atomic E-state index is 13.6. The van der Waals surface area contributed by atoms with Crippen molar-refractivity contribution in [2.75, 3.05) is 5.73 Å². The van der Waals surface area contributed by atoms with Crippen molar-refractivity contribution in [2.24, 2.45) is 0 Å². The summed E-state index contributed by atoms with van der Waals surface area (Å²) in [5, 5.41) is 0. The van der Waals surface area contributed by atoms with Crippen molar-refractivity contribution in [3.63, 3.8) is 0 Å². The number of nitrogen functional groups attached to an aromatic ring is 1. The van der Waals surface area contributed by atoms with E-state index >= 15 is 0 Å². The minimum Gasteiger partial charge on any atom is -0.398 e. The first-order chi connectivity index (χ1) is 9.37. The van der Waals surface area contributed by atoms with E-state index in [1.54, 1.807) is 0 Å². The van der Waals surface area contributed by atoms with Crippen molar-refractivity contribution in [1.82, 2.24) is 4.72 Å². The second kappa shape index (κ2) is 4.68. The lowest BCUT2D eigenvalue weighted by atomic mass is 9.96. The Balaban J connectivity index is 1.85. The van der Waals surface area contributed by atoms with Gasteiger partial charge in [-0.1, -0.05) is 0 Å². The second-order valence-electron chi connectivity index (χ2n) is 5.46. The van der Waals surface area contributed by atoms with Gasteiger partial charge < -0.3 is 10.5 Å². The van der Waals surface area contributed by atoms with Gasteiger partial charge in [-0.25, -0.2) is 17.5 Å². The summed E-state index contributed by atoms with van der Waals surface area (Å²) >= 11 is 0. The number of hydrogen-bond acceptors (Lipinski definition) is 4. The lowest BCUT2D eigenvalue weighted by Gasteiger charge is -2.20. The van der Waals surface area contributed by atoms with Crippen LogP contribution in [0.3, 0.4) is 0 Å². The SMILES string of the molecule is Cc1c(N)cc(S(=O)(=O)NC2CC3CCC2O3)cc1F. The zero-order valence-electron chi connectivity index (χ0n) is 11.1. The molecule has 2 aliphatic rings. The number of hydrogen-bond donors (Lipinski definition) is 2. The zero-order chi connectivity index (χ0) is 14.5. The number of ether oxygens (including phenoxy) is 1. The van der Waals surface area contributed by atoms with Crippen LogP contribution in [0, 0.1) is 12.7 Å². The summed E-state index contributed by atoms with van der Waals surface area (Å²) in [6.45, 7) is 1.51. The van der Waals surface area contributed by atoms with E-state index in [0.717, 1.165) is 18.9 Å². The maximum Gasteiger partial charge on any atom is 0.241 e. The van der Waals surface area contributed by atoms with E-state index in [0.29, 0.717) is 6.42 Å². The van der Waals surface area contributed by atoms with Crippen molar-refractivity contribution in [1.29, 1.82) is 0 Å². The number of benzene rings is 1. The molecule has 0 saturated carbocycles. The van der Waals surface area contributed by atoms with Crippen LogP contribution in [0.15, 0.2) is 17.0 Å². The molecule has 2 saturated heterocycles. The van der Waals surface area contributed by atoms with E-state index in [2.05, 4.69) is 4.72 Å². The second-order valence-corrected chi connectivity index (χ2v) is 7.17. The summed E-state index contributed by atoms with van der Waals surface area (Å²) in [4.78, 5) is -0.138. The number of anilines is 1. The summed E-state index contributed by atoms with van der Waals surface area (Å²) in [7, 11) is -3.78. The molecule has 7 heteroatoms. The summed E-state index contributed by atoms with van der Waals surface area (Å²) in [5.41, 5.74) is 6.02. The summed E-state index contributed by atoms with van der Waals surface area (Å²) in [5.74, 6) is -0.616. The van der Waals surface area contributed by atoms with E-state index in [-0.39, 0.29) is 34.4 Å². The highest BCUT2D eigenvalue weighted by molar-refractivity contribution is 7.89. The molecular weight excluding hydrogens is 283 g/mol. The molecule has 0 radical (unpaired) electrons. The van der Waals surface area contributed by atoms with Gasteiger partial charge in [0.25, 0.3) is 0 Å². The molecular formula is C13H17FN2O3S. The lowest BCUT2D eigenvalue weighted by molar-refractivity contribution is 0.0996. The fourth-order valence-corrected chi connectivity index (χ4v) is 4.18. The van der Waals surface area contributed by atoms with E-state index in [9.17, 15) is 12.8 Å². The smallest absolute Gasteiger partial charge is 0.241 e. The van der Waals surface area contributed by atoms with Crippen LogP contribution in [0.25, 0.3) is 0 Å². The third kappa shape index (κ3) is 2.30. The Morgan fingerprint density at radius 1 is 1.40 bits per heavy atom. The van der Waals surface area contributed by atoms with Crippen molar-refractivity contribution in [3.8, 4) is 0 Å². The van der Waals surface area contributed by atoms with Crippen LogP contribution < -0.4 is 10.5 Å². The fourth-order valence-electron chi connectivity index (χ4n) is 2.86. The predicted octanol–water partition coefficient (Wildman–Crippen LogP) is 1.31. The number of fused-ring (bicyclic) bond motifs is 2. The van der Waals surface area contributed by atoms with Crippen LogP contribution in [-0.2, 0) is 14.8 Å². The number of nitrogens with one attached hydrogen (secondary N) is 1. The minimum atomic E-state index is -3.78. The third-order valence-electron chi connectivity index (χ3n) is 4.08. The number of halogens is 1. The highest BCUT2D eigenvalue weighted by atomic mass is 32.2. The molecule has 2 fully saturated rings. The van der Waals surface area contributed by atoms with Gasteiger partial charge in [0, 0.05) is 11.3 Å². The Morgan fingerprint density at radius 3 is 2.70 bits per heavy atom. The normalized spacial score (nSPS) is 29.0. The van der Waals surface area contributed by atoms with Gasteiger partial charge in [0.1, 0.15) is 5.82 Å². The Kier molecular flexibility index (Phi) is 3.23. The van der Waals surface area contributed by atoms with Gasteiger partial charge in [-0.2, -0.15) is 0 Å². The largest absolute Gasteiger partial charge is 0.398 e. The quantitative estimate of drug-likeness (QED) is 0.825. The first kappa shape index (κ1) is 13.8. The minimum absolute atomic E-state index is 0.0672. The fraction of sp³-hybridized carbons (Fsp3) is 0.538. The van der Waals surface area contributed by atoms with Gasteiger partial charge in [-0.05, 0) is 38.3 Å². The molecule has 1 aromatic carbocycles. The maximum absolute atomic E-state index is 13.6. The first-order valence-electron chi connectivity index (χ1n) is 6.60. The molecule has 0 spiro atoms. The van der Waals surface area contributed by atoms with E-state index in [1.165, 1.54) is 13.0 Å². The van der Waals surface area contributed by atoms with Crippen LogP contribution in [0.5, 0.6) is 0 Å². The van der Waals surface area contributed by atoms with E-state index in [4.69, 9.17) is 10.5 Å².